The lowest BCUT2D eigenvalue weighted by Crippen LogP contribution is -2.39. The van der Waals surface area contributed by atoms with E-state index in [1.807, 2.05) is 4.68 Å². The molecule has 1 amide bonds. The van der Waals surface area contributed by atoms with E-state index in [2.05, 4.69) is 39.9 Å². The van der Waals surface area contributed by atoms with Gasteiger partial charge in [-0.3, -0.25) is 4.79 Å². The van der Waals surface area contributed by atoms with Crippen LogP contribution in [0.5, 0.6) is 0 Å². The number of nitrogens with one attached hydrogen (secondary N) is 1. The summed E-state index contributed by atoms with van der Waals surface area (Å²) in [6.45, 7) is 0. The normalized spacial score (nSPS) is 26.0. The number of aryl methyl sites for hydroxylation is 1. The molecule has 2 aromatic rings. The number of nitrogens with two attached hydrogens (primary N) is 1. The van der Waals surface area contributed by atoms with Gasteiger partial charge in [0.1, 0.15) is 0 Å². The summed E-state index contributed by atoms with van der Waals surface area (Å²) in [5.74, 6) is -0.122. The van der Waals surface area contributed by atoms with Crippen LogP contribution in [0.3, 0.4) is 0 Å². The number of hydrogen-bond donors (Lipinski definition) is 2. The van der Waals surface area contributed by atoms with Gasteiger partial charge in [-0.1, -0.05) is 29.5 Å². The van der Waals surface area contributed by atoms with Gasteiger partial charge in [-0.2, -0.15) is 0 Å². The molecule has 0 aliphatic heterocycles. The molecule has 1 unspecified atom stereocenters. The molecule has 6 heteroatoms. The maximum atomic E-state index is 12.5. The van der Waals surface area contributed by atoms with Crippen LogP contribution in [0.4, 0.5) is 0 Å². The number of hydrogen-bond acceptors (Lipinski definition) is 4. The van der Waals surface area contributed by atoms with Gasteiger partial charge < -0.3 is 11.1 Å². The third-order valence-electron chi connectivity index (χ3n) is 5.54. The van der Waals surface area contributed by atoms with E-state index in [1.54, 1.807) is 6.20 Å². The Morgan fingerprint density at radius 2 is 1.88 bits per heavy atom. The zero-order valence-electron chi connectivity index (χ0n) is 14.4. The number of rotatable bonds is 3. The number of carbonyl (C=O) groups excluding carboxylic acids is 1. The Balaban J connectivity index is 1.37. The highest BCUT2D eigenvalue weighted by atomic mass is 16.2. The van der Waals surface area contributed by atoms with Crippen molar-refractivity contribution in [3.8, 4) is 0 Å². The van der Waals surface area contributed by atoms with E-state index in [0.717, 1.165) is 44.9 Å². The van der Waals surface area contributed by atoms with Crippen molar-refractivity contribution in [3.63, 3.8) is 0 Å². The predicted octanol–water partition coefficient (Wildman–Crippen LogP) is 2.01. The number of amides is 1. The SMILES string of the molecule is NC1CCC(n2cc(C(=O)NC3CCc4ccccc4C3)nn2)CC1. The molecule has 1 fully saturated rings. The van der Waals surface area contributed by atoms with Crippen molar-refractivity contribution in [2.24, 2.45) is 5.73 Å². The average molecular weight is 339 g/mol. The first-order chi connectivity index (χ1) is 12.2. The van der Waals surface area contributed by atoms with Crippen molar-refractivity contribution in [1.29, 1.82) is 0 Å². The van der Waals surface area contributed by atoms with E-state index in [-0.39, 0.29) is 11.9 Å². The Hall–Kier alpha value is -2.21. The predicted molar refractivity (Wildman–Crippen MR) is 95.2 cm³/mol. The highest BCUT2D eigenvalue weighted by Crippen LogP contribution is 2.27. The van der Waals surface area contributed by atoms with Crippen LogP contribution < -0.4 is 11.1 Å². The summed E-state index contributed by atoms with van der Waals surface area (Å²) in [4.78, 5) is 12.5. The summed E-state index contributed by atoms with van der Waals surface area (Å²) in [6, 6.07) is 9.25. The molecule has 2 aliphatic rings. The third-order valence-corrected chi connectivity index (χ3v) is 5.54. The van der Waals surface area contributed by atoms with Gasteiger partial charge in [-0.05, 0) is 56.1 Å². The fraction of sp³-hybridized carbons (Fsp3) is 0.526. The van der Waals surface area contributed by atoms with Crippen LogP contribution in [0.25, 0.3) is 0 Å². The van der Waals surface area contributed by atoms with Gasteiger partial charge in [0.25, 0.3) is 5.91 Å². The Morgan fingerprint density at radius 3 is 2.68 bits per heavy atom. The van der Waals surface area contributed by atoms with Crippen LogP contribution in [0.2, 0.25) is 0 Å². The first-order valence-corrected chi connectivity index (χ1v) is 9.24. The second-order valence-corrected chi connectivity index (χ2v) is 7.33. The van der Waals surface area contributed by atoms with Crippen molar-refractivity contribution in [3.05, 3.63) is 47.3 Å². The lowest BCUT2D eigenvalue weighted by Gasteiger charge is -2.25. The Bertz CT molecular complexity index is 748. The largest absolute Gasteiger partial charge is 0.348 e. The number of fused-ring (bicyclic) bond motifs is 1. The van der Waals surface area contributed by atoms with E-state index < -0.39 is 0 Å². The lowest BCUT2D eigenvalue weighted by atomic mass is 9.88. The molecule has 1 saturated carbocycles. The van der Waals surface area contributed by atoms with Crippen LogP contribution >= 0.6 is 0 Å². The molecule has 0 bridgehead atoms. The molecule has 6 nitrogen and oxygen atoms in total. The molecule has 1 heterocycles. The van der Waals surface area contributed by atoms with E-state index in [9.17, 15) is 4.79 Å². The van der Waals surface area contributed by atoms with E-state index in [1.165, 1.54) is 11.1 Å². The monoisotopic (exact) mass is 339 g/mol. The van der Waals surface area contributed by atoms with Gasteiger partial charge in [0.05, 0.1) is 12.2 Å². The molecular weight excluding hydrogens is 314 g/mol. The zero-order valence-corrected chi connectivity index (χ0v) is 14.4. The number of benzene rings is 1. The summed E-state index contributed by atoms with van der Waals surface area (Å²) in [5.41, 5.74) is 9.10. The molecule has 1 atom stereocenters. The van der Waals surface area contributed by atoms with Gasteiger partial charge in [0, 0.05) is 12.1 Å². The average Bonchev–Trinajstić information content (AvgIpc) is 3.12. The van der Waals surface area contributed by atoms with Crippen LogP contribution in [-0.4, -0.2) is 33.0 Å². The molecule has 3 N–H and O–H groups in total. The summed E-state index contributed by atoms with van der Waals surface area (Å²) < 4.78 is 1.84. The molecule has 0 spiro atoms. The number of aromatic nitrogens is 3. The molecule has 1 aromatic carbocycles. The Morgan fingerprint density at radius 1 is 1.12 bits per heavy atom. The van der Waals surface area contributed by atoms with Crippen LogP contribution in [0.15, 0.2) is 30.5 Å². The highest BCUT2D eigenvalue weighted by Gasteiger charge is 2.24. The maximum absolute atomic E-state index is 12.5. The van der Waals surface area contributed by atoms with Crippen molar-refractivity contribution < 1.29 is 4.79 Å². The van der Waals surface area contributed by atoms with Crippen LogP contribution in [0.1, 0.15) is 59.8 Å². The summed E-state index contributed by atoms with van der Waals surface area (Å²) in [7, 11) is 0. The second kappa shape index (κ2) is 6.96. The highest BCUT2D eigenvalue weighted by molar-refractivity contribution is 5.92. The molecule has 2 aliphatic carbocycles. The van der Waals surface area contributed by atoms with E-state index >= 15 is 0 Å². The Kier molecular flexibility index (Phi) is 4.53. The first-order valence-electron chi connectivity index (χ1n) is 9.24. The number of carbonyl (C=O) groups is 1. The van der Waals surface area contributed by atoms with Crippen LogP contribution in [-0.2, 0) is 12.8 Å². The fourth-order valence-electron chi connectivity index (χ4n) is 4.01. The van der Waals surface area contributed by atoms with Crippen molar-refractivity contribution in [2.45, 2.75) is 63.1 Å². The van der Waals surface area contributed by atoms with Crippen molar-refractivity contribution in [1.82, 2.24) is 20.3 Å². The zero-order chi connectivity index (χ0) is 17.2. The first kappa shape index (κ1) is 16.3. The summed E-state index contributed by atoms with van der Waals surface area (Å²) in [6.07, 6.45) is 8.68. The van der Waals surface area contributed by atoms with Crippen LogP contribution in [0, 0.1) is 0 Å². The molecular formula is C19H25N5O. The van der Waals surface area contributed by atoms with Crippen molar-refractivity contribution >= 4 is 5.91 Å². The second-order valence-electron chi connectivity index (χ2n) is 7.33. The molecule has 0 radical (unpaired) electrons. The minimum Gasteiger partial charge on any atom is -0.348 e. The van der Waals surface area contributed by atoms with E-state index in [4.69, 9.17) is 5.73 Å². The smallest absolute Gasteiger partial charge is 0.273 e. The summed E-state index contributed by atoms with van der Waals surface area (Å²) >= 11 is 0. The maximum Gasteiger partial charge on any atom is 0.273 e. The molecule has 25 heavy (non-hydrogen) atoms. The fourth-order valence-corrected chi connectivity index (χ4v) is 4.01. The third kappa shape index (κ3) is 3.58. The van der Waals surface area contributed by atoms with Gasteiger partial charge in [-0.15, -0.1) is 5.10 Å². The van der Waals surface area contributed by atoms with Gasteiger partial charge >= 0.3 is 0 Å². The Labute approximate surface area is 147 Å². The summed E-state index contributed by atoms with van der Waals surface area (Å²) in [5, 5.41) is 11.4. The topological polar surface area (TPSA) is 85.8 Å². The lowest BCUT2D eigenvalue weighted by molar-refractivity contribution is 0.0928. The minimum atomic E-state index is -0.122. The number of nitrogens with zero attached hydrogens (tertiary/aromatic N) is 3. The van der Waals surface area contributed by atoms with E-state index in [0.29, 0.717) is 17.8 Å². The standard InChI is InChI=1S/C19H25N5O/c20-15-6-9-17(10-7-15)24-12-18(22-23-24)19(25)21-16-8-5-13-3-1-2-4-14(13)11-16/h1-4,12,15-17H,5-11,20H2,(H,21,25). The molecule has 132 valence electrons. The van der Waals surface area contributed by atoms with Gasteiger partial charge in [0.15, 0.2) is 5.69 Å². The molecule has 0 saturated heterocycles. The quantitative estimate of drug-likeness (QED) is 0.896. The molecule has 4 rings (SSSR count). The van der Waals surface area contributed by atoms with Gasteiger partial charge in [0.2, 0.25) is 0 Å². The molecule has 1 aromatic heterocycles. The minimum absolute atomic E-state index is 0.122. The van der Waals surface area contributed by atoms with Gasteiger partial charge in [-0.25, -0.2) is 4.68 Å². The van der Waals surface area contributed by atoms with Crippen molar-refractivity contribution in [2.75, 3.05) is 0 Å².